The molecule has 3 nitrogen and oxygen atoms in total. The van der Waals surface area contributed by atoms with E-state index in [1.165, 1.54) is 4.68 Å². The molecule has 0 spiro atoms. The van der Waals surface area contributed by atoms with Crippen LogP contribution in [0.3, 0.4) is 0 Å². The van der Waals surface area contributed by atoms with Gasteiger partial charge in [0.1, 0.15) is 6.54 Å². The van der Waals surface area contributed by atoms with Gasteiger partial charge in [0.15, 0.2) is 0 Å². The molecule has 1 N–H and O–H groups in total. The minimum absolute atomic E-state index is 0.341. The Balaban J connectivity index is 2.34. The molecule has 0 bridgehead atoms. The zero-order valence-electron chi connectivity index (χ0n) is 9.79. The highest BCUT2D eigenvalue weighted by molar-refractivity contribution is 5.37. The summed E-state index contributed by atoms with van der Waals surface area (Å²) in [4.78, 5) is 0. The fourth-order valence-corrected chi connectivity index (χ4v) is 1.58. The molecular weight excluding hydrogens is 212 g/mol. The molecule has 1 rings (SSSR count). The van der Waals surface area contributed by atoms with E-state index >= 15 is 0 Å². The summed E-state index contributed by atoms with van der Waals surface area (Å²) >= 11 is 0. The van der Waals surface area contributed by atoms with E-state index < -0.39 is 6.43 Å². The van der Waals surface area contributed by atoms with Gasteiger partial charge in [0, 0.05) is 12.7 Å². The van der Waals surface area contributed by atoms with Crippen molar-refractivity contribution in [3.05, 3.63) is 12.4 Å². The zero-order valence-corrected chi connectivity index (χ0v) is 9.79. The van der Waals surface area contributed by atoms with Crippen LogP contribution in [-0.4, -0.2) is 22.8 Å². The normalized spacial score (nSPS) is 13.1. The Morgan fingerprint density at radius 3 is 2.88 bits per heavy atom. The van der Waals surface area contributed by atoms with E-state index in [-0.39, 0.29) is 6.54 Å². The second-order valence-corrected chi connectivity index (χ2v) is 4.12. The van der Waals surface area contributed by atoms with Crippen LogP contribution in [0.1, 0.15) is 26.7 Å². The van der Waals surface area contributed by atoms with E-state index in [1.807, 2.05) is 0 Å². The summed E-state index contributed by atoms with van der Waals surface area (Å²) in [5, 5.41) is 7.05. The number of halogens is 2. The standard InChI is InChI=1S/C11H19F2N3/c1-3-4-9(2)5-14-10-6-15-16(7-10)8-11(12)13/h6-7,9,11,14H,3-5,8H2,1-2H3. The first-order valence-corrected chi connectivity index (χ1v) is 5.66. The van der Waals surface area contributed by atoms with E-state index in [9.17, 15) is 8.78 Å². The number of nitrogens with zero attached hydrogens (tertiary/aromatic N) is 2. The highest BCUT2D eigenvalue weighted by Gasteiger charge is 2.06. The van der Waals surface area contributed by atoms with E-state index in [0.29, 0.717) is 5.92 Å². The molecule has 0 radical (unpaired) electrons. The second kappa shape index (κ2) is 6.45. The van der Waals surface area contributed by atoms with Crippen molar-refractivity contribution in [2.24, 2.45) is 5.92 Å². The molecule has 92 valence electrons. The number of anilines is 1. The molecule has 1 unspecified atom stereocenters. The number of aromatic nitrogens is 2. The lowest BCUT2D eigenvalue weighted by atomic mass is 10.1. The van der Waals surface area contributed by atoms with Gasteiger partial charge in [-0.25, -0.2) is 8.78 Å². The Morgan fingerprint density at radius 2 is 2.25 bits per heavy atom. The van der Waals surface area contributed by atoms with Crippen LogP contribution in [-0.2, 0) is 6.54 Å². The van der Waals surface area contributed by atoms with Crippen LogP contribution in [0.2, 0.25) is 0 Å². The molecule has 1 aromatic heterocycles. The molecule has 0 saturated carbocycles. The number of nitrogens with one attached hydrogen (secondary N) is 1. The van der Waals surface area contributed by atoms with Crippen LogP contribution < -0.4 is 5.32 Å². The molecule has 0 aliphatic heterocycles. The van der Waals surface area contributed by atoms with Crippen molar-refractivity contribution in [1.29, 1.82) is 0 Å². The average Bonchev–Trinajstić information content (AvgIpc) is 2.62. The maximum Gasteiger partial charge on any atom is 0.257 e. The summed E-state index contributed by atoms with van der Waals surface area (Å²) in [6, 6.07) is 0. The number of hydrogen-bond donors (Lipinski definition) is 1. The topological polar surface area (TPSA) is 29.9 Å². The Kier molecular flexibility index (Phi) is 5.22. The summed E-state index contributed by atoms with van der Waals surface area (Å²) in [5.41, 5.74) is 0.809. The van der Waals surface area contributed by atoms with E-state index in [0.717, 1.165) is 25.1 Å². The van der Waals surface area contributed by atoms with Crippen LogP contribution in [0.5, 0.6) is 0 Å². The SMILES string of the molecule is CCCC(C)CNc1cnn(CC(F)F)c1. The fraction of sp³-hybridized carbons (Fsp3) is 0.727. The van der Waals surface area contributed by atoms with Gasteiger partial charge in [-0.1, -0.05) is 20.3 Å². The molecule has 1 atom stereocenters. The highest BCUT2D eigenvalue weighted by Crippen LogP contribution is 2.10. The van der Waals surface area contributed by atoms with Crippen LogP contribution >= 0.6 is 0 Å². The third-order valence-electron chi connectivity index (χ3n) is 2.39. The van der Waals surface area contributed by atoms with Crippen molar-refractivity contribution in [3.63, 3.8) is 0 Å². The number of hydrogen-bond acceptors (Lipinski definition) is 2. The quantitative estimate of drug-likeness (QED) is 0.781. The zero-order chi connectivity index (χ0) is 12.0. The van der Waals surface area contributed by atoms with Gasteiger partial charge in [-0.05, 0) is 12.3 Å². The average molecular weight is 231 g/mol. The minimum Gasteiger partial charge on any atom is -0.382 e. The van der Waals surface area contributed by atoms with Crippen LogP contribution in [0.25, 0.3) is 0 Å². The monoisotopic (exact) mass is 231 g/mol. The van der Waals surface area contributed by atoms with Gasteiger partial charge >= 0.3 is 0 Å². The third-order valence-corrected chi connectivity index (χ3v) is 2.39. The lowest BCUT2D eigenvalue weighted by molar-refractivity contribution is 0.122. The summed E-state index contributed by atoms with van der Waals surface area (Å²) in [6.45, 7) is 4.83. The summed E-state index contributed by atoms with van der Waals surface area (Å²) in [7, 11) is 0. The Bertz CT molecular complexity index is 299. The molecule has 0 aliphatic rings. The van der Waals surface area contributed by atoms with Crippen molar-refractivity contribution in [3.8, 4) is 0 Å². The molecular formula is C11H19F2N3. The van der Waals surface area contributed by atoms with Gasteiger partial charge in [-0.3, -0.25) is 4.68 Å². The Morgan fingerprint density at radius 1 is 1.50 bits per heavy atom. The maximum atomic E-state index is 12.1. The lowest BCUT2D eigenvalue weighted by Crippen LogP contribution is -2.10. The van der Waals surface area contributed by atoms with Gasteiger partial charge in [0.05, 0.1) is 11.9 Å². The predicted molar refractivity (Wildman–Crippen MR) is 60.8 cm³/mol. The van der Waals surface area contributed by atoms with Crippen molar-refractivity contribution >= 4 is 5.69 Å². The van der Waals surface area contributed by atoms with Crippen molar-refractivity contribution < 1.29 is 8.78 Å². The molecule has 0 amide bonds. The first-order valence-electron chi connectivity index (χ1n) is 5.66. The first-order chi connectivity index (χ1) is 7.61. The van der Waals surface area contributed by atoms with Gasteiger partial charge < -0.3 is 5.32 Å². The Hall–Kier alpha value is -1.13. The molecule has 0 aliphatic carbocycles. The van der Waals surface area contributed by atoms with Crippen LogP contribution in [0.15, 0.2) is 12.4 Å². The summed E-state index contributed by atoms with van der Waals surface area (Å²) in [6.07, 6.45) is 3.17. The third kappa shape index (κ3) is 4.59. The predicted octanol–water partition coefficient (Wildman–Crippen LogP) is 3.00. The van der Waals surface area contributed by atoms with Gasteiger partial charge in [-0.15, -0.1) is 0 Å². The first kappa shape index (κ1) is 12.9. The van der Waals surface area contributed by atoms with E-state index in [4.69, 9.17) is 0 Å². The summed E-state index contributed by atoms with van der Waals surface area (Å²) < 4.78 is 25.4. The fourth-order valence-electron chi connectivity index (χ4n) is 1.58. The second-order valence-electron chi connectivity index (χ2n) is 4.12. The Labute approximate surface area is 94.8 Å². The number of rotatable bonds is 7. The molecule has 0 saturated heterocycles. The van der Waals surface area contributed by atoms with E-state index in [2.05, 4.69) is 24.3 Å². The van der Waals surface area contributed by atoms with Gasteiger partial charge in [-0.2, -0.15) is 5.10 Å². The molecule has 1 heterocycles. The van der Waals surface area contributed by atoms with E-state index in [1.54, 1.807) is 12.4 Å². The molecule has 1 aromatic rings. The van der Waals surface area contributed by atoms with Crippen molar-refractivity contribution in [2.75, 3.05) is 11.9 Å². The van der Waals surface area contributed by atoms with Gasteiger partial charge in [0.25, 0.3) is 6.43 Å². The lowest BCUT2D eigenvalue weighted by Gasteiger charge is -2.10. The van der Waals surface area contributed by atoms with Crippen molar-refractivity contribution in [2.45, 2.75) is 39.7 Å². The molecule has 5 heteroatoms. The number of alkyl halides is 2. The summed E-state index contributed by atoms with van der Waals surface area (Å²) in [5.74, 6) is 0.587. The minimum atomic E-state index is -2.35. The van der Waals surface area contributed by atoms with Crippen LogP contribution in [0, 0.1) is 5.92 Å². The van der Waals surface area contributed by atoms with Crippen LogP contribution in [0.4, 0.5) is 14.5 Å². The smallest absolute Gasteiger partial charge is 0.257 e. The largest absolute Gasteiger partial charge is 0.382 e. The molecule has 0 fully saturated rings. The van der Waals surface area contributed by atoms with Gasteiger partial charge in [0.2, 0.25) is 0 Å². The maximum absolute atomic E-state index is 12.1. The molecule has 0 aromatic carbocycles. The molecule has 16 heavy (non-hydrogen) atoms. The van der Waals surface area contributed by atoms with Crippen molar-refractivity contribution in [1.82, 2.24) is 9.78 Å². The highest BCUT2D eigenvalue weighted by atomic mass is 19.3.